The molecule has 146 valence electrons. The molecule has 0 heterocycles. The van der Waals surface area contributed by atoms with Gasteiger partial charge in [0.05, 0.1) is 19.6 Å². The highest BCUT2D eigenvalue weighted by atomic mass is 16.5. The molecule has 0 aromatic rings. The molecule has 0 aromatic heterocycles. The monoisotopic (exact) mass is 362 g/mol. The van der Waals surface area contributed by atoms with E-state index in [4.69, 9.17) is 9.47 Å². The normalized spacial score (nSPS) is 34.5. The second-order valence-corrected chi connectivity index (χ2v) is 8.61. The molecule has 0 radical (unpaired) electrons. The summed E-state index contributed by atoms with van der Waals surface area (Å²) >= 11 is 0. The van der Waals surface area contributed by atoms with Crippen LogP contribution in [0, 0.1) is 22.7 Å². The van der Waals surface area contributed by atoms with Gasteiger partial charge in [-0.3, -0.25) is 4.79 Å². The fourth-order valence-electron chi connectivity index (χ4n) is 5.56. The van der Waals surface area contributed by atoms with Gasteiger partial charge in [0, 0.05) is 6.08 Å². The topological polar surface area (TPSA) is 52.6 Å². The van der Waals surface area contributed by atoms with Gasteiger partial charge in [-0.2, -0.15) is 0 Å². The minimum atomic E-state index is -0.409. The number of allylic oxidation sites excluding steroid dienone is 3. The summed E-state index contributed by atoms with van der Waals surface area (Å²) in [6.07, 6.45) is 9.81. The summed E-state index contributed by atoms with van der Waals surface area (Å²) in [5, 5.41) is 0. The molecule has 2 aliphatic carbocycles. The van der Waals surface area contributed by atoms with Gasteiger partial charge >= 0.3 is 11.9 Å². The largest absolute Gasteiger partial charge is 0.469 e. The van der Waals surface area contributed by atoms with Crippen LogP contribution >= 0.6 is 0 Å². The lowest BCUT2D eigenvalue weighted by Crippen LogP contribution is -2.52. The molecule has 2 aliphatic rings. The lowest BCUT2D eigenvalue weighted by Gasteiger charge is -2.56. The molecule has 1 fully saturated rings. The molecule has 0 aromatic carbocycles. The standard InChI is InChI=1S/C22H34O4/c1-15(14-19(23)25-5)8-10-17-16(2)9-11-18-21(17,3)12-7-13-22(18,4)20(24)26-6/h9,14,17-18H,7-8,10-13H2,1-6H3/b15-14+. The van der Waals surface area contributed by atoms with Crippen LogP contribution in [0.4, 0.5) is 0 Å². The van der Waals surface area contributed by atoms with Gasteiger partial charge in [-0.1, -0.05) is 30.6 Å². The Hall–Kier alpha value is -1.58. The smallest absolute Gasteiger partial charge is 0.330 e. The minimum Gasteiger partial charge on any atom is -0.469 e. The van der Waals surface area contributed by atoms with Crippen LogP contribution in [0.15, 0.2) is 23.3 Å². The third-order valence-electron chi connectivity index (χ3n) is 7.04. The van der Waals surface area contributed by atoms with Crippen molar-refractivity contribution >= 4 is 11.9 Å². The zero-order valence-corrected chi connectivity index (χ0v) is 17.2. The Morgan fingerprint density at radius 1 is 1.23 bits per heavy atom. The van der Waals surface area contributed by atoms with Crippen LogP contribution in [-0.2, 0) is 19.1 Å². The average Bonchev–Trinajstić information content (AvgIpc) is 2.59. The van der Waals surface area contributed by atoms with E-state index in [0.29, 0.717) is 11.8 Å². The van der Waals surface area contributed by atoms with Gasteiger partial charge in [0.1, 0.15) is 0 Å². The molecule has 26 heavy (non-hydrogen) atoms. The number of esters is 2. The van der Waals surface area contributed by atoms with Crippen molar-refractivity contribution in [3.63, 3.8) is 0 Å². The Bertz CT molecular complexity index is 618. The molecule has 4 atom stereocenters. The van der Waals surface area contributed by atoms with E-state index in [0.717, 1.165) is 44.1 Å². The van der Waals surface area contributed by atoms with Crippen molar-refractivity contribution in [2.24, 2.45) is 22.7 Å². The van der Waals surface area contributed by atoms with Crippen molar-refractivity contribution in [1.29, 1.82) is 0 Å². The van der Waals surface area contributed by atoms with Gasteiger partial charge in [-0.15, -0.1) is 0 Å². The van der Waals surface area contributed by atoms with E-state index in [1.807, 2.05) is 6.92 Å². The number of rotatable bonds is 5. The van der Waals surface area contributed by atoms with Crippen LogP contribution < -0.4 is 0 Å². The molecule has 0 N–H and O–H groups in total. The number of methoxy groups -OCH3 is 2. The third-order valence-corrected chi connectivity index (χ3v) is 7.04. The first-order chi connectivity index (χ1) is 12.2. The molecule has 4 nitrogen and oxygen atoms in total. The minimum absolute atomic E-state index is 0.0677. The zero-order valence-electron chi connectivity index (χ0n) is 17.2. The number of carbonyl (C=O) groups excluding carboxylic acids is 2. The number of hydrogen-bond donors (Lipinski definition) is 0. The van der Waals surface area contributed by atoms with Crippen molar-refractivity contribution in [2.75, 3.05) is 14.2 Å². The third kappa shape index (κ3) is 3.74. The highest BCUT2D eigenvalue weighted by molar-refractivity contribution is 5.82. The van der Waals surface area contributed by atoms with Crippen molar-refractivity contribution in [3.05, 3.63) is 23.3 Å². The maximum atomic E-state index is 12.6. The van der Waals surface area contributed by atoms with Gasteiger partial charge in [0.15, 0.2) is 0 Å². The van der Waals surface area contributed by atoms with E-state index in [1.54, 1.807) is 6.08 Å². The number of ether oxygens (including phenoxy) is 2. The summed E-state index contributed by atoms with van der Waals surface area (Å²) in [7, 11) is 2.91. The summed E-state index contributed by atoms with van der Waals surface area (Å²) in [6.45, 7) is 8.65. The molecule has 0 aliphatic heterocycles. The van der Waals surface area contributed by atoms with Crippen LogP contribution in [0.25, 0.3) is 0 Å². The summed E-state index contributed by atoms with van der Waals surface area (Å²) in [5.74, 6) is 0.363. The SMILES string of the molecule is COC(=O)/C=C(\C)CCC1C(C)=CCC2C(C)(C(=O)OC)CCCC12C. The van der Waals surface area contributed by atoms with Crippen molar-refractivity contribution in [2.45, 2.75) is 66.2 Å². The molecule has 0 saturated heterocycles. The average molecular weight is 363 g/mol. The number of carbonyl (C=O) groups is 2. The second-order valence-electron chi connectivity index (χ2n) is 8.61. The lowest BCUT2D eigenvalue weighted by atomic mass is 9.47. The molecular weight excluding hydrogens is 328 g/mol. The maximum Gasteiger partial charge on any atom is 0.330 e. The van der Waals surface area contributed by atoms with Crippen LogP contribution in [0.5, 0.6) is 0 Å². The van der Waals surface area contributed by atoms with E-state index < -0.39 is 5.41 Å². The van der Waals surface area contributed by atoms with Gasteiger partial charge < -0.3 is 9.47 Å². The quantitative estimate of drug-likeness (QED) is 0.399. The van der Waals surface area contributed by atoms with E-state index in [9.17, 15) is 9.59 Å². The molecule has 2 rings (SSSR count). The number of fused-ring (bicyclic) bond motifs is 1. The summed E-state index contributed by atoms with van der Waals surface area (Å²) < 4.78 is 9.91. The molecule has 4 unspecified atom stereocenters. The summed E-state index contributed by atoms with van der Waals surface area (Å²) in [6, 6.07) is 0. The molecule has 0 bridgehead atoms. The first-order valence-corrected chi connectivity index (χ1v) is 9.69. The van der Waals surface area contributed by atoms with Gasteiger partial charge in [0.25, 0.3) is 0 Å². The first kappa shape index (κ1) is 20.7. The van der Waals surface area contributed by atoms with Gasteiger partial charge in [0.2, 0.25) is 0 Å². The molecule has 0 amide bonds. The Kier molecular flexibility index (Phi) is 6.36. The molecular formula is C22H34O4. The maximum absolute atomic E-state index is 12.6. The molecule has 4 heteroatoms. The fraction of sp³-hybridized carbons (Fsp3) is 0.727. The van der Waals surface area contributed by atoms with Crippen molar-refractivity contribution in [3.8, 4) is 0 Å². The van der Waals surface area contributed by atoms with Crippen LogP contribution in [0.2, 0.25) is 0 Å². The van der Waals surface area contributed by atoms with E-state index in [2.05, 4.69) is 26.8 Å². The highest BCUT2D eigenvalue weighted by Crippen LogP contribution is 2.61. The molecule has 1 saturated carbocycles. The number of hydrogen-bond acceptors (Lipinski definition) is 4. The lowest BCUT2D eigenvalue weighted by molar-refractivity contribution is -0.166. The van der Waals surface area contributed by atoms with Crippen LogP contribution in [-0.4, -0.2) is 26.2 Å². The van der Waals surface area contributed by atoms with Gasteiger partial charge in [-0.25, -0.2) is 4.79 Å². The van der Waals surface area contributed by atoms with Crippen LogP contribution in [0.1, 0.15) is 66.2 Å². The highest BCUT2D eigenvalue weighted by Gasteiger charge is 2.56. The Labute approximate surface area is 158 Å². The van der Waals surface area contributed by atoms with Crippen LogP contribution in [0.3, 0.4) is 0 Å². The predicted molar refractivity (Wildman–Crippen MR) is 102 cm³/mol. The van der Waals surface area contributed by atoms with E-state index in [-0.39, 0.29) is 17.4 Å². The fourth-order valence-corrected chi connectivity index (χ4v) is 5.56. The van der Waals surface area contributed by atoms with Crippen molar-refractivity contribution in [1.82, 2.24) is 0 Å². The summed E-state index contributed by atoms with van der Waals surface area (Å²) in [4.78, 5) is 24.1. The Morgan fingerprint density at radius 2 is 1.92 bits per heavy atom. The molecule has 0 spiro atoms. The Morgan fingerprint density at radius 3 is 2.54 bits per heavy atom. The summed E-state index contributed by atoms with van der Waals surface area (Å²) in [5.41, 5.74) is 2.14. The van der Waals surface area contributed by atoms with Gasteiger partial charge in [-0.05, 0) is 70.1 Å². The Balaban J connectivity index is 2.26. The zero-order chi connectivity index (χ0) is 19.5. The first-order valence-electron chi connectivity index (χ1n) is 9.69. The van der Waals surface area contributed by atoms with E-state index >= 15 is 0 Å². The predicted octanol–water partition coefficient (Wildman–Crippen LogP) is 4.84. The van der Waals surface area contributed by atoms with Crippen molar-refractivity contribution < 1.29 is 19.1 Å². The second kappa shape index (κ2) is 7.98. The van der Waals surface area contributed by atoms with E-state index in [1.165, 1.54) is 19.8 Å².